The second kappa shape index (κ2) is 3.91. The number of anilines is 1. The van der Waals surface area contributed by atoms with Gasteiger partial charge in [0.05, 0.1) is 5.54 Å². The third-order valence-electron chi connectivity index (χ3n) is 3.07. The lowest BCUT2D eigenvalue weighted by molar-refractivity contribution is -0.118. The van der Waals surface area contributed by atoms with E-state index in [4.69, 9.17) is 5.73 Å². The third-order valence-corrected chi connectivity index (χ3v) is 3.07. The third kappa shape index (κ3) is 2.09. The average Bonchev–Trinajstić information content (AvgIpc) is 2.98. The van der Waals surface area contributed by atoms with Gasteiger partial charge in [0.15, 0.2) is 0 Å². The van der Waals surface area contributed by atoms with Crippen molar-refractivity contribution in [1.82, 2.24) is 0 Å². The van der Waals surface area contributed by atoms with Crippen molar-refractivity contribution in [2.75, 3.05) is 5.32 Å². The maximum atomic E-state index is 11.8. The number of nitrogens with one attached hydrogen (secondary N) is 1. The number of benzene rings is 1. The molecule has 0 unspecified atom stereocenters. The Morgan fingerprint density at radius 1 is 1.38 bits per heavy atom. The van der Waals surface area contributed by atoms with E-state index in [0.29, 0.717) is 5.92 Å². The second-order valence-electron chi connectivity index (χ2n) is 4.85. The Hall–Kier alpha value is -1.35. The Bertz CT molecular complexity index is 408. The zero-order valence-corrected chi connectivity index (χ0v) is 9.79. The summed E-state index contributed by atoms with van der Waals surface area (Å²) in [7, 11) is 0. The summed E-state index contributed by atoms with van der Waals surface area (Å²) in [6, 6.07) is 7.88. The Morgan fingerprint density at radius 2 is 2.00 bits per heavy atom. The number of nitrogens with two attached hydrogens (primary N) is 1. The fourth-order valence-corrected chi connectivity index (χ4v) is 1.72. The summed E-state index contributed by atoms with van der Waals surface area (Å²) in [4.78, 5) is 11.8. The van der Waals surface area contributed by atoms with Gasteiger partial charge in [0.1, 0.15) is 0 Å². The van der Waals surface area contributed by atoms with Crippen molar-refractivity contribution in [3.63, 3.8) is 0 Å². The molecule has 16 heavy (non-hydrogen) atoms. The molecule has 1 fully saturated rings. The molecule has 0 spiro atoms. The predicted octanol–water partition coefficient (Wildman–Crippen LogP) is 2.24. The van der Waals surface area contributed by atoms with Crippen molar-refractivity contribution in [3.8, 4) is 0 Å². The van der Waals surface area contributed by atoms with Crippen molar-refractivity contribution in [3.05, 3.63) is 29.8 Å². The van der Waals surface area contributed by atoms with E-state index in [9.17, 15) is 4.79 Å². The van der Waals surface area contributed by atoms with Crippen molar-refractivity contribution in [1.29, 1.82) is 0 Å². The van der Waals surface area contributed by atoms with Gasteiger partial charge in [-0.25, -0.2) is 0 Å². The Kier molecular flexibility index (Phi) is 2.72. The molecule has 0 aromatic heterocycles. The highest BCUT2D eigenvalue weighted by molar-refractivity contribution is 6.00. The van der Waals surface area contributed by atoms with Crippen molar-refractivity contribution < 1.29 is 4.79 Å². The lowest BCUT2D eigenvalue weighted by Crippen LogP contribution is -2.38. The molecule has 1 saturated carbocycles. The molecule has 3 N–H and O–H groups in total. The van der Waals surface area contributed by atoms with Gasteiger partial charge in [-0.15, -0.1) is 0 Å². The monoisotopic (exact) mass is 218 g/mol. The van der Waals surface area contributed by atoms with E-state index in [-0.39, 0.29) is 5.91 Å². The van der Waals surface area contributed by atoms with Gasteiger partial charge in [-0.3, -0.25) is 4.79 Å². The Balaban J connectivity index is 2.17. The van der Waals surface area contributed by atoms with E-state index in [1.807, 2.05) is 24.3 Å². The first-order valence-corrected chi connectivity index (χ1v) is 5.72. The van der Waals surface area contributed by atoms with Crippen LogP contribution in [0, 0.1) is 0 Å². The molecule has 1 aromatic rings. The van der Waals surface area contributed by atoms with Gasteiger partial charge in [0, 0.05) is 5.69 Å². The molecule has 0 radical (unpaired) electrons. The van der Waals surface area contributed by atoms with Gasteiger partial charge in [-0.2, -0.15) is 0 Å². The molecule has 2 rings (SSSR count). The van der Waals surface area contributed by atoms with E-state index in [1.165, 1.54) is 0 Å². The van der Waals surface area contributed by atoms with E-state index >= 15 is 0 Å². The number of carbonyl (C=O) groups excluding carboxylic acids is 1. The van der Waals surface area contributed by atoms with Crippen LogP contribution in [0.5, 0.6) is 0 Å². The van der Waals surface area contributed by atoms with Crippen molar-refractivity contribution >= 4 is 11.6 Å². The molecule has 0 heterocycles. The summed E-state index contributed by atoms with van der Waals surface area (Å²) in [5, 5.41) is 2.93. The minimum Gasteiger partial charge on any atom is -0.324 e. The summed E-state index contributed by atoms with van der Waals surface area (Å²) < 4.78 is 0. The fourth-order valence-electron chi connectivity index (χ4n) is 1.72. The molecular formula is C13H18N2O. The molecule has 0 aliphatic heterocycles. The van der Waals surface area contributed by atoms with Crippen LogP contribution in [-0.4, -0.2) is 11.4 Å². The van der Waals surface area contributed by atoms with Crippen LogP contribution in [0.15, 0.2) is 24.3 Å². The number of amides is 1. The Labute approximate surface area is 96.0 Å². The molecule has 1 amide bonds. The molecule has 86 valence electrons. The fraction of sp³-hybridized carbons (Fsp3) is 0.462. The normalized spacial score (nSPS) is 17.2. The first-order chi connectivity index (χ1) is 7.53. The van der Waals surface area contributed by atoms with Crippen LogP contribution in [0.4, 0.5) is 5.69 Å². The number of rotatable bonds is 3. The number of hydrogen-bond donors (Lipinski definition) is 2. The van der Waals surface area contributed by atoms with E-state index in [0.717, 1.165) is 24.1 Å². The van der Waals surface area contributed by atoms with Crippen LogP contribution >= 0.6 is 0 Å². The highest BCUT2D eigenvalue weighted by Gasteiger charge is 2.46. The minimum atomic E-state index is -0.607. The highest BCUT2D eigenvalue weighted by Crippen LogP contribution is 2.34. The summed E-state index contributed by atoms with van der Waals surface area (Å²) in [5.41, 5.74) is 7.29. The maximum absolute atomic E-state index is 11.8. The second-order valence-corrected chi connectivity index (χ2v) is 4.85. The van der Waals surface area contributed by atoms with Gasteiger partial charge in [-0.05, 0) is 30.4 Å². The van der Waals surface area contributed by atoms with Crippen LogP contribution in [-0.2, 0) is 4.79 Å². The Morgan fingerprint density at radius 3 is 2.56 bits per heavy atom. The van der Waals surface area contributed by atoms with Crippen LogP contribution in [0.3, 0.4) is 0 Å². The minimum absolute atomic E-state index is 0.0550. The van der Waals surface area contributed by atoms with Gasteiger partial charge in [-0.1, -0.05) is 32.0 Å². The summed E-state index contributed by atoms with van der Waals surface area (Å²) in [6.45, 7) is 4.22. The summed E-state index contributed by atoms with van der Waals surface area (Å²) in [5.74, 6) is 0.338. The van der Waals surface area contributed by atoms with Gasteiger partial charge in [0.2, 0.25) is 5.91 Å². The largest absolute Gasteiger partial charge is 0.324 e. The van der Waals surface area contributed by atoms with Gasteiger partial charge >= 0.3 is 0 Å². The number of para-hydroxylation sites is 1. The highest BCUT2D eigenvalue weighted by atomic mass is 16.2. The van der Waals surface area contributed by atoms with Crippen LogP contribution in [0.1, 0.15) is 38.2 Å². The quantitative estimate of drug-likeness (QED) is 0.817. The first-order valence-electron chi connectivity index (χ1n) is 5.72. The topological polar surface area (TPSA) is 55.1 Å². The van der Waals surface area contributed by atoms with Gasteiger partial charge in [0.25, 0.3) is 0 Å². The maximum Gasteiger partial charge on any atom is 0.244 e. The molecule has 3 nitrogen and oxygen atoms in total. The van der Waals surface area contributed by atoms with E-state index in [2.05, 4.69) is 19.2 Å². The SMILES string of the molecule is CC(C)c1ccccc1NC(=O)C1(N)CC1. The van der Waals surface area contributed by atoms with Crippen molar-refractivity contribution in [2.24, 2.45) is 5.73 Å². The van der Waals surface area contributed by atoms with Crippen LogP contribution in [0.2, 0.25) is 0 Å². The molecule has 1 aliphatic carbocycles. The molecule has 0 bridgehead atoms. The van der Waals surface area contributed by atoms with Gasteiger partial charge < -0.3 is 11.1 Å². The molecule has 0 saturated heterocycles. The molecule has 3 heteroatoms. The predicted molar refractivity (Wildman–Crippen MR) is 65.3 cm³/mol. The van der Waals surface area contributed by atoms with Crippen LogP contribution in [0.25, 0.3) is 0 Å². The lowest BCUT2D eigenvalue weighted by Gasteiger charge is -2.15. The standard InChI is InChI=1S/C13H18N2O/c1-9(2)10-5-3-4-6-11(10)15-12(16)13(14)7-8-13/h3-6,9H,7-8,14H2,1-2H3,(H,15,16). The first kappa shape index (κ1) is 11.1. The molecule has 0 atom stereocenters. The summed E-state index contributed by atoms with van der Waals surface area (Å²) in [6.07, 6.45) is 1.59. The number of carbonyl (C=O) groups is 1. The van der Waals surface area contributed by atoms with E-state index in [1.54, 1.807) is 0 Å². The van der Waals surface area contributed by atoms with Crippen molar-refractivity contribution in [2.45, 2.75) is 38.1 Å². The zero-order chi connectivity index (χ0) is 11.8. The summed E-state index contributed by atoms with van der Waals surface area (Å²) >= 11 is 0. The van der Waals surface area contributed by atoms with E-state index < -0.39 is 5.54 Å². The number of hydrogen-bond acceptors (Lipinski definition) is 2. The smallest absolute Gasteiger partial charge is 0.244 e. The zero-order valence-electron chi connectivity index (χ0n) is 9.79. The average molecular weight is 218 g/mol. The lowest BCUT2D eigenvalue weighted by atomic mass is 10.0. The molecule has 1 aromatic carbocycles. The molecule has 1 aliphatic rings. The van der Waals surface area contributed by atoms with Crippen LogP contribution < -0.4 is 11.1 Å². The molecular weight excluding hydrogens is 200 g/mol.